The maximum atomic E-state index is 13.2. The number of carbonyl (C=O) groups excluding carboxylic acids is 1. The summed E-state index contributed by atoms with van der Waals surface area (Å²) >= 11 is 6.35. The van der Waals surface area contributed by atoms with Crippen molar-refractivity contribution >= 4 is 28.3 Å². The van der Waals surface area contributed by atoms with Gasteiger partial charge in [0, 0.05) is 11.9 Å². The van der Waals surface area contributed by atoms with Crippen LogP contribution in [0.25, 0.3) is 10.8 Å². The first kappa shape index (κ1) is 23.3. The topological polar surface area (TPSA) is 82.5 Å². The zero-order chi connectivity index (χ0) is 24.1. The molecule has 0 spiro atoms. The van der Waals surface area contributed by atoms with E-state index >= 15 is 0 Å². The van der Waals surface area contributed by atoms with Gasteiger partial charge in [-0.3, -0.25) is 9.59 Å². The summed E-state index contributed by atoms with van der Waals surface area (Å²) in [5.41, 5.74) is 1.57. The van der Waals surface area contributed by atoms with E-state index in [2.05, 4.69) is 10.4 Å². The van der Waals surface area contributed by atoms with E-state index < -0.39 is 5.91 Å². The normalized spacial score (nSPS) is 10.8. The van der Waals surface area contributed by atoms with Crippen LogP contribution in [0, 0.1) is 0 Å². The third-order valence-electron chi connectivity index (χ3n) is 5.29. The molecule has 0 aliphatic carbocycles. The molecular weight excluding hydrogens is 454 g/mol. The lowest BCUT2D eigenvalue weighted by Crippen LogP contribution is -2.30. The van der Waals surface area contributed by atoms with E-state index in [4.69, 9.17) is 21.1 Å². The smallest absolute Gasteiger partial charge is 0.274 e. The lowest BCUT2D eigenvalue weighted by molar-refractivity contribution is 0.0945. The third kappa shape index (κ3) is 4.89. The first-order valence-electron chi connectivity index (χ1n) is 10.8. The molecule has 0 saturated heterocycles. The molecule has 0 aliphatic heterocycles. The molecule has 1 heterocycles. The first-order chi connectivity index (χ1) is 16.5. The van der Waals surface area contributed by atoms with Crippen LogP contribution in [-0.2, 0) is 13.1 Å². The van der Waals surface area contributed by atoms with Gasteiger partial charge in [-0.1, -0.05) is 60.1 Å². The minimum atomic E-state index is -0.401. The maximum Gasteiger partial charge on any atom is 0.274 e. The van der Waals surface area contributed by atoms with Crippen molar-refractivity contribution in [2.24, 2.45) is 0 Å². The molecule has 3 aromatic carbocycles. The van der Waals surface area contributed by atoms with E-state index in [0.717, 1.165) is 11.1 Å². The Bertz CT molecular complexity index is 1390. The second kappa shape index (κ2) is 10.4. The van der Waals surface area contributed by atoms with Crippen molar-refractivity contribution in [3.8, 4) is 11.5 Å². The zero-order valence-electron chi connectivity index (χ0n) is 18.9. The number of fused-ring (bicyclic) bond motifs is 1. The van der Waals surface area contributed by atoms with Crippen LogP contribution in [0.5, 0.6) is 11.5 Å². The van der Waals surface area contributed by atoms with Crippen LogP contribution in [0.3, 0.4) is 0 Å². The third-order valence-corrected chi connectivity index (χ3v) is 5.57. The maximum absolute atomic E-state index is 13.2. The first-order valence-corrected chi connectivity index (χ1v) is 11.2. The average Bonchev–Trinajstić information content (AvgIpc) is 2.86. The molecule has 1 amide bonds. The molecule has 0 fully saturated rings. The molecule has 0 atom stereocenters. The SMILES string of the molecule is CCOc1c(Cl)cc(CNC(=O)c2nn(Cc3ccccc3)c(=O)c3ccccc23)cc1OC. The summed E-state index contributed by atoms with van der Waals surface area (Å²) in [6, 6.07) is 20.0. The lowest BCUT2D eigenvalue weighted by Gasteiger charge is -2.14. The number of hydrogen-bond donors (Lipinski definition) is 1. The molecule has 0 unspecified atom stereocenters. The van der Waals surface area contributed by atoms with Gasteiger partial charge >= 0.3 is 0 Å². The van der Waals surface area contributed by atoms with Crippen molar-refractivity contribution in [2.45, 2.75) is 20.0 Å². The minimum Gasteiger partial charge on any atom is -0.493 e. The predicted octanol–water partition coefficient (Wildman–Crippen LogP) is 4.44. The average molecular weight is 478 g/mol. The summed E-state index contributed by atoms with van der Waals surface area (Å²) in [4.78, 5) is 26.2. The van der Waals surface area contributed by atoms with E-state index in [-0.39, 0.29) is 24.3 Å². The van der Waals surface area contributed by atoms with Gasteiger partial charge in [-0.05, 0) is 36.2 Å². The minimum absolute atomic E-state index is 0.176. The number of ether oxygens (including phenoxy) is 2. The van der Waals surface area contributed by atoms with Crippen LogP contribution < -0.4 is 20.3 Å². The Balaban J connectivity index is 1.64. The number of halogens is 1. The van der Waals surface area contributed by atoms with Crippen LogP contribution in [0.15, 0.2) is 71.5 Å². The molecule has 174 valence electrons. The van der Waals surface area contributed by atoms with Crippen LogP contribution >= 0.6 is 11.6 Å². The number of amides is 1. The summed E-state index contributed by atoms with van der Waals surface area (Å²) in [5, 5.41) is 8.62. The molecule has 0 radical (unpaired) electrons. The summed E-state index contributed by atoms with van der Waals surface area (Å²) < 4.78 is 12.2. The van der Waals surface area contributed by atoms with E-state index in [0.29, 0.717) is 33.9 Å². The molecule has 0 saturated carbocycles. The Morgan fingerprint density at radius 3 is 2.44 bits per heavy atom. The van der Waals surface area contributed by atoms with Crippen molar-refractivity contribution in [1.82, 2.24) is 15.1 Å². The van der Waals surface area contributed by atoms with Gasteiger partial charge in [0.05, 0.1) is 30.7 Å². The molecule has 0 bridgehead atoms. The summed E-state index contributed by atoms with van der Waals surface area (Å²) in [7, 11) is 1.53. The number of rotatable bonds is 8. The number of aromatic nitrogens is 2. The second-order valence-corrected chi connectivity index (χ2v) is 7.97. The fourth-order valence-electron chi connectivity index (χ4n) is 3.69. The number of nitrogens with zero attached hydrogens (tertiary/aromatic N) is 2. The van der Waals surface area contributed by atoms with Gasteiger partial charge in [-0.25, -0.2) is 4.68 Å². The highest BCUT2D eigenvalue weighted by Crippen LogP contribution is 2.36. The number of carbonyl (C=O) groups is 1. The van der Waals surface area contributed by atoms with Crippen molar-refractivity contribution in [3.05, 3.63) is 98.9 Å². The number of methoxy groups -OCH3 is 1. The Morgan fingerprint density at radius 2 is 1.74 bits per heavy atom. The largest absolute Gasteiger partial charge is 0.493 e. The van der Waals surface area contributed by atoms with Crippen LogP contribution in [0.4, 0.5) is 0 Å². The van der Waals surface area contributed by atoms with Gasteiger partial charge < -0.3 is 14.8 Å². The Kier molecular flexibility index (Phi) is 7.13. The van der Waals surface area contributed by atoms with Crippen molar-refractivity contribution in [3.63, 3.8) is 0 Å². The lowest BCUT2D eigenvalue weighted by atomic mass is 10.1. The van der Waals surface area contributed by atoms with Gasteiger partial charge in [0.2, 0.25) is 0 Å². The highest BCUT2D eigenvalue weighted by molar-refractivity contribution is 6.32. The monoisotopic (exact) mass is 477 g/mol. The Morgan fingerprint density at radius 1 is 1.03 bits per heavy atom. The molecular formula is C26H24ClN3O4. The summed E-state index contributed by atoms with van der Waals surface area (Å²) in [5.74, 6) is 0.544. The van der Waals surface area contributed by atoms with Gasteiger partial charge in [-0.2, -0.15) is 5.10 Å². The zero-order valence-corrected chi connectivity index (χ0v) is 19.6. The number of benzene rings is 3. The molecule has 4 aromatic rings. The fraction of sp³-hybridized carbons (Fsp3) is 0.192. The van der Waals surface area contributed by atoms with Gasteiger partial charge in [0.15, 0.2) is 17.2 Å². The van der Waals surface area contributed by atoms with E-state index in [9.17, 15) is 9.59 Å². The highest BCUT2D eigenvalue weighted by atomic mass is 35.5. The molecule has 34 heavy (non-hydrogen) atoms. The molecule has 8 heteroatoms. The number of hydrogen-bond acceptors (Lipinski definition) is 5. The van der Waals surface area contributed by atoms with Gasteiger partial charge in [0.1, 0.15) is 0 Å². The second-order valence-electron chi connectivity index (χ2n) is 7.57. The van der Waals surface area contributed by atoms with Crippen molar-refractivity contribution < 1.29 is 14.3 Å². The number of nitrogens with one attached hydrogen (secondary N) is 1. The quantitative estimate of drug-likeness (QED) is 0.406. The van der Waals surface area contributed by atoms with Gasteiger partial charge in [-0.15, -0.1) is 0 Å². The van der Waals surface area contributed by atoms with E-state index in [1.807, 2.05) is 37.3 Å². The fourth-order valence-corrected chi connectivity index (χ4v) is 3.98. The van der Waals surface area contributed by atoms with Crippen molar-refractivity contribution in [2.75, 3.05) is 13.7 Å². The van der Waals surface area contributed by atoms with E-state index in [1.54, 1.807) is 36.4 Å². The van der Waals surface area contributed by atoms with Crippen LogP contribution in [0.1, 0.15) is 28.5 Å². The van der Waals surface area contributed by atoms with Crippen LogP contribution in [0.2, 0.25) is 5.02 Å². The summed E-state index contributed by atoms with van der Waals surface area (Å²) in [6.07, 6.45) is 0. The Hall–Kier alpha value is -3.84. The van der Waals surface area contributed by atoms with Gasteiger partial charge in [0.25, 0.3) is 11.5 Å². The molecule has 0 aliphatic rings. The standard InChI is InChI=1S/C26H24ClN3O4/c1-3-34-24-21(27)13-18(14-22(24)33-2)15-28-25(31)23-19-11-7-8-12-20(19)26(32)30(29-23)16-17-9-5-4-6-10-17/h4-14H,3,15-16H2,1-2H3,(H,28,31). The molecule has 4 rings (SSSR count). The molecule has 1 N–H and O–H groups in total. The molecule has 7 nitrogen and oxygen atoms in total. The Labute approximate surface area is 201 Å². The van der Waals surface area contributed by atoms with E-state index in [1.165, 1.54) is 11.8 Å². The predicted molar refractivity (Wildman–Crippen MR) is 132 cm³/mol. The summed E-state index contributed by atoms with van der Waals surface area (Å²) in [6.45, 7) is 2.76. The molecule has 1 aromatic heterocycles. The van der Waals surface area contributed by atoms with Crippen LogP contribution in [-0.4, -0.2) is 29.4 Å². The highest BCUT2D eigenvalue weighted by Gasteiger charge is 2.18. The van der Waals surface area contributed by atoms with Crippen molar-refractivity contribution in [1.29, 1.82) is 0 Å².